The molecule has 1 spiro atoms. The number of amides is 1. The summed E-state index contributed by atoms with van der Waals surface area (Å²) in [5.74, 6) is -1.87. The number of rotatable bonds is 4. The number of nitrogens with zero attached hydrogens (tertiary/aromatic N) is 3. The molecule has 0 unspecified atom stereocenters. The van der Waals surface area contributed by atoms with E-state index in [1.165, 1.54) is 12.1 Å². The average Bonchev–Trinajstić information content (AvgIpc) is 3.58. The van der Waals surface area contributed by atoms with Crippen LogP contribution in [-0.4, -0.2) is 28.1 Å². The van der Waals surface area contributed by atoms with E-state index < -0.39 is 45.5 Å². The van der Waals surface area contributed by atoms with E-state index in [2.05, 4.69) is 0 Å². The number of likely N-dealkylation sites (N-methyl/N-ethyl adjacent to an activating group) is 1. The van der Waals surface area contributed by atoms with Crippen LogP contribution in [0.5, 0.6) is 0 Å². The van der Waals surface area contributed by atoms with Gasteiger partial charge < -0.3 is 14.8 Å². The maximum absolute atomic E-state index is 14.0. The zero-order valence-electron chi connectivity index (χ0n) is 21.1. The Balaban J connectivity index is 1.62. The van der Waals surface area contributed by atoms with Gasteiger partial charge in [0.25, 0.3) is 5.56 Å². The second-order valence-corrected chi connectivity index (χ2v) is 10.5. The molecule has 11 heteroatoms. The van der Waals surface area contributed by atoms with Gasteiger partial charge in [-0.15, -0.1) is 0 Å². The zero-order valence-corrected chi connectivity index (χ0v) is 21.1. The molecule has 3 aliphatic rings. The first-order chi connectivity index (χ1) is 18.4. The second-order valence-electron chi connectivity index (χ2n) is 10.5. The number of fused-ring (bicyclic) bond motifs is 3. The van der Waals surface area contributed by atoms with E-state index >= 15 is 0 Å². The minimum Gasteiger partial charge on any atom is -0.545 e. The van der Waals surface area contributed by atoms with Crippen molar-refractivity contribution in [3.8, 4) is 5.69 Å². The number of carboxylic acid groups (broad SMARTS) is 1. The fourth-order valence-electron chi connectivity index (χ4n) is 6.54. The highest BCUT2D eigenvalue weighted by Crippen LogP contribution is 2.57. The number of carboxylic acids is 1. The van der Waals surface area contributed by atoms with Gasteiger partial charge in [0.15, 0.2) is 0 Å². The third-order valence-electron chi connectivity index (χ3n) is 8.69. The van der Waals surface area contributed by atoms with E-state index in [0.29, 0.717) is 24.1 Å². The van der Waals surface area contributed by atoms with Crippen LogP contribution in [0.4, 0.5) is 18.9 Å². The Morgan fingerprint density at radius 1 is 1.05 bits per heavy atom. The van der Waals surface area contributed by atoms with Crippen LogP contribution >= 0.6 is 0 Å². The number of benzene rings is 2. The molecule has 0 bridgehead atoms. The number of hydrogen-bond acceptors (Lipinski definition) is 5. The monoisotopic (exact) mass is 538 g/mol. The molecule has 2 aromatic carbocycles. The molecule has 1 amide bonds. The number of anilines is 1. The molecule has 1 aliphatic heterocycles. The first kappa shape index (κ1) is 25.1. The van der Waals surface area contributed by atoms with Gasteiger partial charge in [0, 0.05) is 18.9 Å². The lowest BCUT2D eigenvalue weighted by Gasteiger charge is -2.32. The molecule has 2 heterocycles. The van der Waals surface area contributed by atoms with Crippen LogP contribution in [0, 0.1) is 0 Å². The molecule has 3 aromatic rings. The Morgan fingerprint density at radius 2 is 1.77 bits per heavy atom. The van der Waals surface area contributed by atoms with Gasteiger partial charge in [-0.05, 0) is 73.1 Å². The van der Waals surface area contributed by atoms with E-state index in [-0.39, 0.29) is 42.0 Å². The van der Waals surface area contributed by atoms with E-state index in [4.69, 9.17) is 0 Å². The van der Waals surface area contributed by atoms with Crippen LogP contribution in [-0.2, 0) is 28.3 Å². The average molecular weight is 539 g/mol. The molecule has 39 heavy (non-hydrogen) atoms. The first-order valence-corrected chi connectivity index (χ1v) is 12.6. The number of alkyl halides is 3. The van der Waals surface area contributed by atoms with Crippen molar-refractivity contribution < 1.29 is 27.9 Å². The fraction of sp³-hybridized carbons (Fsp3) is 0.357. The van der Waals surface area contributed by atoms with Crippen LogP contribution in [0.1, 0.15) is 65.2 Å². The molecular formula is C28H23F3N3O5-. The van der Waals surface area contributed by atoms with Crippen LogP contribution in [0.25, 0.3) is 5.69 Å². The van der Waals surface area contributed by atoms with Gasteiger partial charge in [-0.3, -0.25) is 14.2 Å². The van der Waals surface area contributed by atoms with Crippen molar-refractivity contribution in [2.24, 2.45) is 0 Å². The molecule has 0 saturated heterocycles. The molecule has 8 nitrogen and oxygen atoms in total. The van der Waals surface area contributed by atoms with E-state index in [0.717, 1.165) is 21.4 Å². The highest BCUT2D eigenvalue weighted by molar-refractivity contribution is 6.10. The Labute approximate surface area is 219 Å². The lowest BCUT2D eigenvalue weighted by molar-refractivity contribution is -0.255. The zero-order chi connectivity index (χ0) is 28.1. The molecular weight excluding hydrogens is 515 g/mol. The minimum absolute atomic E-state index is 0.00414. The quantitative estimate of drug-likeness (QED) is 0.508. The smallest absolute Gasteiger partial charge is 0.416 e. The van der Waals surface area contributed by atoms with Gasteiger partial charge >= 0.3 is 11.9 Å². The predicted molar refractivity (Wildman–Crippen MR) is 132 cm³/mol. The van der Waals surface area contributed by atoms with Crippen LogP contribution in [0.3, 0.4) is 0 Å². The van der Waals surface area contributed by atoms with Crippen molar-refractivity contribution >= 4 is 17.6 Å². The lowest BCUT2D eigenvalue weighted by atomic mass is 9.87. The summed E-state index contributed by atoms with van der Waals surface area (Å²) in [5, 5.41) is 12.1. The molecule has 202 valence electrons. The number of halogens is 3. The second kappa shape index (κ2) is 7.93. The molecule has 0 N–H and O–H groups in total. The number of hydrogen-bond donors (Lipinski definition) is 0. The summed E-state index contributed by atoms with van der Waals surface area (Å²) in [6.07, 6.45) is -2.43. The summed E-state index contributed by atoms with van der Waals surface area (Å²) >= 11 is 0. The van der Waals surface area contributed by atoms with Crippen molar-refractivity contribution in [3.05, 3.63) is 91.3 Å². The van der Waals surface area contributed by atoms with Crippen molar-refractivity contribution in [1.29, 1.82) is 0 Å². The van der Waals surface area contributed by atoms with Crippen molar-refractivity contribution in [3.63, 3.8) is 0 Å². The van der Waals surface area contributed by atoms with Crippen molar-refractivity contribution in [1.82, 2.24) is 9.13 Å². The van der Waals surface area contributed by atoms with Gasteiger partial charge in [0.05, 0.1) is 33.7 Å². The number of carbonyl (C=O) groups excluding carboxylic acids is 2. The number of aromatic carboxylic acids is 1. The third kappa shape index (κ3) is 3.25. The Hall–Kier alpha value is -4.15. The topological polar surface area (TPSA) is 104 Å². The third-order valence-corrected chi connectivity index (χ3v) is 8.69. The summed E-state index contributed by atoms with van der Waals surface area (Å²) < 4.78 is 43.2. The lowest BCUT2D eigenvalue weighted by Crippen LogP contribution is -2.53. The summed E-state index contributed by atoms with van der Waals surface area (Å²) in [5.41, 5.74) is -4.08. The van der Waals surface area contributed by atoms with Gasteiger partial charge in [-0.25, -0.2) is 9.36 Å². The number of aromatic nitrogens is 2. The van der Waals surface area contributed by atoms with Crippen molar-refractivity contribution in [2.45, 2.75) is 56.2 Å². The first-order valence-electron chi connectivity index (χ1n) is 12.6. The molecule has 1 aromatic heterocycles. The standard InChI is InChI=1S/C28H24F3N3O5/c1-3-27(10-9-16-18(27)5-4-6-19(16)28(29,30)31)34-22(35)17(23(36)37)14-33(25(34)39)15-7-8-21-20(13-15)26(11-12-26)24(38)32(21)2/h4-8,13-14H,3,9-12H2,1-2H3,(H,36,37)/p-1/t27-/m1/s1. The maximum atomic E-state index is 14.0. The van der Waals surface area contributed by atoms with Gasteiger partial charge in [0.2, 0.25) is 5.91 Å². The van der Waals surface area contributed by atoms with Crippen LogP contribution < -0.4 is 21.3 Å². The number of carbonyl (C=O) groups is 2. The Kier molecular flexibility index (Phi) is 5.12. The summed E-state index contributed by atoms with van der Waals surface area (Å²) in [6.45, 7) is 1.64. The van der Waals surface area contributed by atoms with Crippen LogP contribution in [0.15, 0.2) is 52.2 Å². The predicted octanol–water partition coefficient (Wildman–Crippen LogP) is 2.49. The maximum Gasteiger partial charge on any atom is 0.416 e. The van der Waals surface area contributed by atoms with Gasteiger partial charge in [-0.1, -0.05) is 19.1 Å². The molecule has 2 aliphatic carbocycles. The molecule has 1 atom stereocenters. The highest BCUT2D eigenvalue weighted by Gasteiger charge is 2.58. The van der Waals surface area contributed by atoms with E-state index in [9.17, 15) is 37.5 Å². The largest absolute Gasteiger partial charge is 0.545 e. The highest BCUT2D eigenvalue weighted by atomic mass is 19.4. The molecule has 1 saturated carbocycles. The summed E-state index contributed by atoms with van der Waals surface area (Å²) in [4.78, 5) is 53.9. The van der Waals surface area contributed by atoms with Crippen LogP contribution in [0.2, 0.25) is 0 Å². The molecule has 6 rings (SSSR count). The van der Waals surface area contributed by atoms with E-state index in [1.807, 2.05) is 0 Å². The normalized spacial score (nSPS) is 20.8. The van der Waals surface area contributed by atoms with E-state index in [1.54, 1.807) is 37.1 Å². The minimum atomic E-state index is -4.64. The fourth-order valence-corrected chi connectivity index (χ4v) is 6.54. The SMILES string of the molecule is CC[C@@]1(n2c(=O)c(C(=O)[O-])cn(-c3ccc4c(c3)C3(CC3)C(=O)N4C)c2=O)CCc2c(C(F)(F)F)cccc21. The van der Waals surface area contributed by atoms with Gasteiger partial charge in [0.1, 0.15) is 0 Å². The molecule has 1 fully saturated rings. The summed E-state index contributed by atoms with van der Waals surface area (Å²) in [6, 6.07) is 8.49. The summed E-state index contributed by atoms with van der Waals surface area (Å²) in [7, 11) is 1.66. The van der Waals surface area contributed by atoms with Crippen molar-refractivity contribution in [2.75, 3.05) is 11.9 Å². The van der Waals surface area contributed by atoms with Gasteiger partial charge in [-0.2, -0.15) is 13.2 Å². The Bertz CT molecular complexity index is 1720. The molecule has 0 radical (unpaired) electrons. The Morgan fingerprint density at radius 3 is 2.38 bits per heavy atom.